The van der Waals surface area contributed by atoms with E-state index >= 15 is 0 Å². The summed E-state index contributed by atoms with van der Waals surface area (Å²) < 4.78 is 4.92. The topological polar surface area (TPSA) is 76.7 Å². The lowest BCUT2D eigenvalue weighted by Gasteiger charge is -2.20. The van der Waals surface area contributed by atoms with Crippen LogP contribution in [0.3, 0.4) is 0 Å². The van der Waals surface area contributed by atoms with Crippen molar-refractivity contribution in [3.63, 3.8) is 0 Å². The van der Waals surface area contributed by atoms with Gasteiger partial charge in [-0.2, -0.15) is 0 Å². The van der Waals surface area contributed by atoms with Gasteiger partial charge in [0.15, 0.2) is 5.96 Å². The number of nitrogens with one attached hydrogen (secondary N) is 1. The molecule has 20 heavy (non-hydrogen) atoms. The number of nitrogens with two attached hydrogens (primary N) is 1. The van der Waals surface area contributed by atoms with Crippen LogP contribution in [-0.4, -0.2) is 24.1 Å². The number of esters is 1. The third kappa shape index (κ3) is 5.73. The van der Waals surface area contributed by atoms with E-state index in [4.69, 9.17) is 10.5 Å². The van der Waals surface area contributed by atoms with E-state index in [1.165, 1.54) is 0 Å². The van der Waals surface area contributed by atoms with Gasteiger partial charge >= 0.3 is 5.97 Å². The summed E-state index contributed by atoms with van der Waals surface area (Å²) >= 11 is 0. The fraction of sp³-hybridized carbons (Fsp3) is 0.467. The van der Waals surface area contributed by atoms with Crippen LogP contribution in [0, 0.1) is 0 Å². The Labute approximate surface area is 120 Å². The number of ether oxygens (including phenoxy) is 1. The van der Waals surface area contributed by atoms with Gasteiger partial charge in [-0.05, 0) is 45.4 Å². The van der Waals surface area contributed by atoms with E-state index in [0.717, 1.165) is 5.56 Å². The Morgan fingerprint density at radius 3 is 2.40 bits per heavy atom. The summed E-state index contributed by atoms with van der Waals surface area (Å²) in [5.74, 6) is 0.100. The van der Waals surface area contributed by atoms with Crippen LogP contribution in [-0.2, 0) is 11.3 Å². The molecule has 0 aliphatic carbocycles. The number of carbonyl (C=O) groups excluding carboxylic acids is 1. The first-order chi connectivity index (χ1) is 9.31. The lowest BCUT2D eigenvalue weighted by atomic mass is 10.1. The molecule has 0 bridgehead atoms. The predicted molar refractivity (Wildman–Crippen MR) is 80.6 cm³/mol. The Kier molecular flexibility index (Phi) is 5.55. The zero-order chi connectivity index (χ0) is 15.2. The van der Waals surface area contributed by atoms with Crippen molar-refractivity contribution < 1.29 is 9.53 Å². The summed E-state index contributed by atoms with van der Waals surface area (Å²) in [6.45, 7) is 8.68. The molecule has 0 heterocycles. The molecule has 0 aromatic heterocycles. The molecule has 0 saturated carbocycles. The summed E-state index contributed by atoms with van der Waals surface area (Å²) in [6, 6.07) is 7.16. The second-order valence-electron chi connectivity index (χ2n) is 5.49. The molecule has 0 aliphatic heterocycles. The van der Waals surface area contributed by atoms with Gasteiger partial charge in [0.2, 0.25) is 0 Å². The summed E-state index contributed by atoms with van der Waals surface area (Å²) in [5, 5.41) is 3.09. The lowest BCUT2D eigenvalue weighted by Crippen LogP contribution is -2.44. The van der Waals surface area contributed by atoms with Gasteiger partial charge in [-0.3, -0.25) is 0 Å². The van der Waals surface area contributed by atoms with E-state index in [1.807, 2.05) is 32.9 Å². The summed E-state index contributed by atoms with van der Waals surface area (Å²) in [7, 11) is 0. The number of hydrogen-bond acceptors (Lipinski definition) is 3. The molecule has 5 heteroatoms. The van der Waals surface area contributed by atoms with Gasteiger partial charge in [0, 0.05) is 5.54 Å². The minimum absolute atomic E-state index is 0.110. The van der Waals surface area contributed by atoms with E-state index in [-0.39, 0.29) is 11.5 Å². The van der Waals surface area contributed by atoms with Crippen molar-refractivity contribution in [2.75, 3.05) is 6.61 Å². The minimum atomic E-state index is -0.309. The standard InChI is InChI=1S/C15H23N3O2/c1-5-20-13(19)12-8-6-11(7-9-12)10-17-14(16)18-15(2,3)4/h6-9H,5,10H2,1-4H3,(H3,16,17,18). The molecule has 0 spiro atoms. The van der Waals surface area contributed by atoms with Crippen LogP contribution in [0.4, 0.5) is 0 Å². The quantitative estimate of drug-likeness (QED) is 0.502. The van der Waals surface area contributed by atoms with Gasteiger partial charge in [-0.1, -0.05) is 12.1 Å². The van der Waals surface area contributed by atoms with Crippen LogP contribution in [0.25, 0.3) is 0 Å². The number of hydrogen-bond donors (Lipinski definition) is 2. The van der Waals surface area contributed by atoms with E-state index in [0.29, 0.717) is 24.7 Å². The molecule has 0 atom stereocenters. The maximum absolute atomic E-state index is 11.5. The van der Waals surface area contributed by atoms with Crippen molar-refractivity contribution >= 4 is 11.9 Å². The van der Waals surface area contributed by atoms with Crippen molar-refractivity contribution in [3.05, 3.63) is 35.4 Å². The van der Waals surface area contributed by atoms with Crippen molar-refractivity contribution in [2.24, 2.45) is 10.7 Å². The normalized spacial score (nSPS) is 12.1. The van der Waals surface area contributed by atoms with E-state index in [1.54, 1.807) is 19.1 Å². The van der Waals surface area contributed by atoms with Gasteiger partial charge in [0.25, 0.3) is 0 Å². The van der Waals surface area contributed by atoms with Crippen LogP contribution in [0.15, 0.2) is 29.3 Å². The molecule has 0 aliphatic rings. The van der Waals surface area contributed by atoms with Crippen molar-refractivity contribution in [1.82, 2.24) is 5.32 Å². The highest BCUT2D eigenvalue weighted by Crippen LogP contribution is 2.07. The van der Waals surface area contributed by atoms with Gasteiger partial charge < -0.3 is 15.8 Å². The fourth-order valence-electron chi connectivity index (χ4n) is 1.56. The number of nitrogens with zero attached hydrogens (tertiary/aromatic N) is 1. The van der Waals surface area contributed by atoms with E-state index < -0.39 is 0 Å². The van der Waals surface area contributed by atoms with Crippen LogP contribution in [0.1, 0.15) is 43.6 Å². The number of carbonyl (C=O) groups is 1. The molecule has 3 N–H and O–H groups in total. The zero-order valence-electron chi connectivity index (χ0n) is 12.6. The number of aliphatic imine (C=N–C) groups is 1. The van der Waals surface area contributed by atoms with Crippen molar-refractivity contribution in [3.8, 4) is 0 Å². The fourth-order valence-corrected chi connectivity index (χ4v) is 1.56. The molecule has 1 aromatic carbocycles. The highest BCUT2D eigenvalue weighted by molar-refractivity contribution is 5.89. The molecule has 0 radical (unpaired) electrons. The van der Waals surface area contributed by atoms with Crippen molar-refractivity contribution in [2.45, 2.75) is 39.8 Å². The molecule has 1 aromatic rings. The van der Waals surface area contributed by atoms with E-state index in [9.17, 15) is 4.79 Å². The summed E-state index contributed by atoms with van der Waals surface area (Å²) in [6.07, 6.45) is 0. The highest BCUT2D eigenvalue weighted by atomic mass is 16.5. The molecule has 0 fully saturated rings. The minimum Gasteiger partial charge on any atom is -0.462 e. The molecular formula is C15H23N3O2. The van der Waals surface area contributed by atoms with E-state index in [2.05, 4.69) is 10.3 Å². The highest BCUT2D eigenvalue weighted by Gasteiger charge is 2.09. The summed E-state index contributed by atoms with van der Waals surface area (Å²) in [5.41, 5.74) is 7.21. The lowest BCUT2D eigenvalue weighted by molar-refractivity contribution is 0.0526. The first-order valence-electron chi connectivity index (χ1n) is 6.66. The Hall–Kier alpha value is -2.04. The Bertz CT molecular complexity index is 473. The number of rotatable bonds is 4. The maximum Gasteiger partial charge on any atom is 0.338 e. The SMILES string of the molecule is CCOC(=O)c1ccc(CN=C(N)NC(C)(C)C)cc1. The monoisotopic (exact) mass is 277 g/mol. The molecule has 110 valence electrons. The van der Waals surface area contributed by atoms with Gasteiger partial charge in [-0.15, -0.1) is 0 Å². The van der Waals surface area contributed by atoms with Crippen LogP contribution in [0.2, 0.25) is 0 Å². The molecule has 5 nitrogen and oxygen atoms in total. The van der Waals surface area contributed by atoms with Gasteiger partial charge in [0.05, 0.1) is 18.7 Å². The largest absolute Gasteiger partial charge is 0.462 e. The van der Waals surface area contributed by atoms with Gasteiger partial charge in [0.1, 0.15) is 0 Å². The second kappa shape index (κ2) is 6.93. The van der Waals surface area contributed by atoms with Crippen molar-refractivity contribution in [1.29, 1.82) is 0 Å². The van der Waals surface area contributed by atoms with Crippen LogP contribution < -0.4 is 11.1 Å². The van der Waals surface area contributed by atoms with Crippen LogP contribution >= 0.6 is 0 Å². The molecule has 1 rings (SSSR count). The Morgan fingerprint density at radius 1 is 1.30 bits per heavy atom. The molecule has 0 amide bonds. The molecule has 0 saturated heterocycles. The molecular weight excluding hydrogens is 254 g/mol. The Balaban J connectivity index is 2.62. The molecule has 0 unspecified atom stereocenters. The summed E-state index contributed by atoms with van der Waals surface area (Å²) in [4.78, 5) is 15.8. The second-order valence-corrected chi connectivity index (χ2v) is 5.49. The average Bonchev–Trinajstić information content (AvgIpc) is 2.35. The van der Waals surface area contributed by atoms with Crippen LogP contribution in [0.5, 0.6) is 0 Å². The predicted octanol–water partition coefficient (Wildman–Crippen LogP) is 2.07. The zero-order valence-corrected chi connectivity index (χ0v) is 12.6. The maximum atomic E-state index is 11.5. The smallest absolute Gasteiger partial charge is 0.338 e. The third-order valence-electron chi connectivity index (χ3n) is 2.40. The first kappa shape index (κ1) is 16.0. The average molecular weight is 277 g/mol. The Morgan fingerprint density at radius 2 is 1.90 bits per heavy atom. The first-order valence-corrected chi connectivity index (χ1v) is 6.66. The number of benzene rings is 1. The van der Waals surface area contributed by atoms with Gasteiger partial charge in [-0.25, -0.2) is 9.79 Å². The number of guanidine groups is 1. The third-order valence-corrected chi connectivity index (χ3v) is 2.40.